The minimum absolute atomic E-state index is 1.02. The lowest BCUT2D eigenvalue weighted by atomic mass is 10.3. The fraction of sp³-hybridized carbons (Fsp3) is 0.600. The van der Waals surface area contributed by atoms with Crippen LogP contribution < -0.4 is 0 Å². The van der Waals surface area contributed by atoms with Crippen LogP contribution >= 0.6 is 23.4 Å². The number of thioether (sulfide) groups is 1. The SMILES string of the molecule is ClC1=CSCCC1. The van der Waals surface area contributed by atoms with Gasteiger partial charge in [0.2, 0.25) is 0 Å². The molecule has 0 atom stereocenters. The molecular weight excluding hydrogens is 128 g/mol. The van der Waals surface area contributed by atoms with Gasteiger partial charge in [-0.3, -0.25) is 0 Å². The standard InChI is InChI=1S/C5H7ClS/c6-5-2-1-3-7-4-5/h4H,1-3H2. The Hall–Kier alpha value is 0.380. The van der Waals surface area contributed by atoms with Crippen molar-refractivity contribution in [1.29, 1.82) is 0 Å². The van der Waals surface area contributed by atoms with E-state index in [-0.39, 0.29) is 0 Å². The van der Waals surface area contributed by atoms with E-state index in [4.69, 9.17) is 11.6 Å². The minimum atomic E-state index is 1.02. The molecule has 0 aliphatic carbocycles. The van der Waals surface area contributed by atoms with Crippen molar-refractivity contribution in [3.8, 4) is 0 Å². The molecule has 0 nitrogen and oxygen atoms in total. The molecule has 0 aromatic heterocycles. The molecule has 1 aliphatic heterocycles. The quantitative estimate of drug-likeness (QED) is 0.491. The molecule has 0 fully saturated rings. The molecule has 40 valence electrons. The van der Waals surface area contributed by atoms with Gasteiger partial charge in [0.05, 0.1) is 0 Å². The Bertz CT molecular complexity index is 88.1. The zero-order chi connectivity index (χ0) is 5.11. The van der Waals surface area contributed by atoms with E-state index in [2.05, 4.69) is 0 Å². The third kappa shape index (κ3) is 1.74. The van der Waals surface area contributed by atoms with Gasteiger partial charge in [0, 0.05) is 5.03 Å². The van der Waals surface area contributed by atoms with Gasteiger partial charge < -0.3 is 0 Å². The Balaban J connectivity index is 2.40. The maximum Gasteiger partial charge on any atom is 0.0244 e. The summed E-state index contributed by atoms with van der Waals surface area (Å²) in [4.78, 5) is 0. The van der Waals surface area contributed by atoms with Crippen molar-refractivity contribution < 1.29 is 0 Å². The fourth-order valence-corrected chi connectivity index (χ4v) is 1.58. The van der Waals surface area contributed by atoms with Crippen molar-refractivity contribution in [1.82, 2.24) is 0 Å². The Labute approximate surface area is 52.9 Å². The van der Waals surface area contributed by atoms with E-state index in [1.165, 1.54) is 12.2 Å². The summed E-state index contributed by atoms with van der Waals surface area (Å²) in [6, 6.07) is 0. The predicted octanol–water partition coefficient (Wildman–Crippen LogP) is 2.59. The zero-order valence-electron chi connectivity index (χ0n) is 3.98. The highest BCUT2D eigenvalue weighted by molar-refractivity contribution is 8.02. The van der Waals surface area contributed by atoms with Gasteiger partial charge in [0.1, 0.15) is 0 Å². The molecule has 1 heterocycles. The summed E-state index contributed by atoms with van der Waals surface area (Å²) in [5.74, 6) is 1.25. The van der Waals surface area contributed by atoms with Gasteiger partial charge >= 0.3 is 0 Å². The molecule has 1 aliphatic rings. The normalized spacial score (nSPS) is 21.6. The molecule has 0 spiro atoms. The van der Waals surface area contributed by atoms with Crippen LogP contribution in [0.3, 0.4) is 0 Å². The number of allylic oxidation sites excluding steroid dienone is 1. The van der Waals surface area contributed by atoms with Gasteiger partial charge in [-0.1, -0.05) is 11.6 Å². The van der Waals surface area contributed by atoms with E-state index in [0.717, 1.165) is 11.5 Å². The highest BCUT2D eigenvalue weighted by Gasteiger charge is 1.97. The van der Waals surface area contributed by atoms with E-state index in [1.807, 2.05) is 17.2 Å². The Morgan fingerprint density at radius 1 is 1.71 bits per heavy atom. The molecule has 2 heteroatoms. The molecule has 0 saturated heterocycles. The molecule has 0 N–H and O–H groups in total. The molecule has 0 aromatic carbocycles. The molecule has 0 unspecified atom stereocenters. The van der Waals surface area contributed by atoms with E-state index < -0.39 is 0 Å². The van der Waals surface area contributed by atoms with E-state index in [0.29, 0.717) is 0 Å². The summed E-state index contributed by atoms with van der Waals surface area (Å²) in [6.07, 6.45) is 2.34. The summed E-state index contributed by atoms with van der Waals surface area (Å²) in [5, 5.41) is 3.06. The molecule has 0 amide bonds. The number of halogens is 1. The third-order valence-corrected chi connectivity index (χ3v) is 2.29. The smallest absolute Gasteiger partial charge is 0.0244 e. The van der Waals surface area contributed by atoms with Crippen LogP contribution in [0.25, 0.3) is 0 Å². The first-order chi connectivity index (χ1) is 3.39. The maximum atomic E-state index is 5.66. The lowest BCUT2D eigenvalue weighted by Crippen LogP contribution is -1.84. The van der Waals surface area contributed by atoms with E-state index >= 15 is 0 Å². The fourth-order valence-electron chi connectivity index (χ4n) is 0.533. The monoisotopic (exact) mass is 134 g/mol. The van der Waals surface area contributed by atoms with Gasteiger partial charge in [-0.2, -0.15) is 0 Å². The van der Waals surface area contributed by atoms with Crippen molar-refractivity contribution in [2.45, 2.75) is 12.8 Å². The van der Waals surface area contributed by atoms with Gasteiger partial charge in [0.15, 0.2) is 0 Å². The summed E-state index contributed by atoms with van der Waals surface area (Å²) in [7, 11) is 0. The predicted molar refractivity (Wildman–Crippen MR) is 35.6 cm³/mol. The van der Waals surface area contributed by atoms with E-state index in [1.54, 1.807) is 0 Å². The van der Waals surface area contributed by atoms with E-state index in [9.17, 15) is 0 Å². The highest BCUT2D eigenvalue weighted by atomic mass is 35.5. The number of hydrogen-bond acceptors (Lipinski definition) is 1. The molecule has 0 bridgehead atoms. The van der Waals surface area contributed by atoms with Crippen LogP contribution in [-0.2, 0) is 0 Å². The minimum Gasteiger partial charge on any atom is -0.133 e. The van der Waals surface area contributed by atoms with Crippen LogP contribution in [0.5, 0.6) is 0 Å². The largest absolute Gasteiger partial charge is 0.133 e. The summed E-state index contributed by atoms with van der Waals surface area (Å²) in [5.41, 5.74) is 0. The summed E-state index contributed by atoms with van der Waals surface area (Å²) in [6.45, 7) is 0. The van der Waals surface area contributed by atoms with Crippen molar-refractivity contribution in [3.05, 3.63) is 10.4 Å². The molecule has 0 saturated carbocycles. The average Bonchev–Trinajstić information content (AvgIpc) is 1.69. The van der Waals surface area contributed by atoms with Gasteiger partial charge in [-0.05, 0) is 24.0 Å². The Morgan fingerprint density at radius 2 is 2.57 bits per heavy atom. The van der Waals surface area contributed by atoms with Crippen LogP contribution in [0.15, 0.2) is 10.4 Å². The second-order valence-corrected chi connectivity index (χ2v) is 3.00. The lowest BCUT2D eigenvalue weighted by Gasteiger charge is -2.03. The van der Waals surface area contributed by atoms with Crippen LogP contribution in [0.4, 0.5) is 0 Å². The van der Waals surface area contributed by atoms with Crippen molar-refractivity contribution >= 4 is 23.4 Å². The van der Waals surface area contributed by atoms with Gasteiger partial charge in [0.25, 0.3) is 0 Å². The highest BCUT2D eigenvalue weighted by Crippen LogP contribution is 2.22. The maximum absolute atomic E-state index is 5.66. The second-order valence-electron chi connectivity index (χ2n) is 1.54. The van der Waals surface area contributed by atoms with Gasteiger partial charge in [-0.15, -0.1) is 11.8 Å². The summed E-state index contributed by atoms with van der Waals surface area (Å²) < 4.78 is 0. The molecule has 1 rings (SSSR count). The van der Waals surface area contributed by atoms with Crippen LogP contribution in [-0.4, -0.2) is 5.75 Å². The Morgan fingerprint density at radius 3 is 2.86 bits per heavy atom. The first kappa shape index (κ1) is 5.52. The average molecular weight is 135 g/mol. The van der Waals surface area contributed by atoms with Crippen LogP contribution in [0, 0.1) is 0 Å². The Kier molecular flexibility index (Phi) is 2.07. The molecule has 0 radical (unpaired) electrons. The lowest BCUT2D eigenvalue weighted by molar-refractivity contribution is 0.951. The number of hydrogen-bond donors (Lipinski definition) is 0. The van der Waals surface area contributed by atoms with Crippen LogP contribution in [0.2, 0.25) is 0 Å². The zero-order valence-corrected chi connectivity index (χ0v) is 5.56. The van der Waals surface area contributed by atoms with Crippen molar-refractivity contribution in [2.75, 3.05) is 5.75 Å². The second kappa shape index (κ2) is 2.63. The third-order valence-electron chi connectivity index (χ3n) is 0.889. The first-order valence-electron chi connectivity index (χ1n) is 2.36. The molecular formula is C5H7ClS. The molecule has 0 aromatic rings. The van der Waals surface area contributed by atoms with Crippen LogP contribution in [0.1, 0.15) is 12.8 Å². The van der Waals surface area contributed by atoms with Gasteiger partial charge in [-0.25, -0.2) is 0 Å². The number of rotatable bonds is 0. The molecule has 7 heavy (non-hydrogen) atoms. The van der Waals surface area contributed by atoms with Crippen molar-refractivity contribution in [2.24, 2.45) is 0 Å². The van der Waals surface area contributed by atoms with Crippen molar-refractivity contribution in [3.63, 3.8) is 0 Å². The topological polar surface area (TPSA) is 0 Å². The first-order valence-corrected chi connectivity index (χ1v) is 3.78. The summed E-state index contributed by atoms with van der Waals surface area (Å²) >= 11 is 7.47.